The molecule has 0 bridgehead atoms. The first-order valence-electron chi connectivity index (χ1n) is 9.18. The van der Waals surface area contributed by atoms with Crippen molar-refractivity contribution in [1.82, 2.24) is 0 Å². The predicted molar refractivity (Wildman–Crippen MR) is 120 cm³/mol. The van der Waals surface area contributed by atoms with Gasteiger partial charge in [0.05, 0.1) is 0 Å². The molecule has 0 aliphatic rings. The second kappa shape index (κ2) is 6.91. The molecule has 0 aliphatic heterocycles. The monoisotopic (exact) mass is 380 g/mol. The van der Waals surface area contributed by atoms with Crippen molar-refractivity contribution in [2.24, 2.45) is 0 Å². The molecule has 0 amide bonds. The molecule has 0 radical (unpaired) electrons. The van der Waals surface area contributed by atoms with E-state index >= 15 is 0 Å². The minimum absolute atomic E-state index is 0.558. The predicted octanol–water partition coefficient (Wildman–Crippen LogP) is 5.07. The average Bonchev–Trinajstić information content (AvgIpc) is 3.13. The van der Waals surface area contributed by atoms with E-state index in [1.807, 2.05) is 18.2 Å². The van der Waals surface area contributed by atoms with Gasteiger partial charge in [0.2, 0.25) is 0 Å². The van der Waals surface area contributed by atoms with Gasteiger partial charge in [0.25, 0.3) is 0 Å². The van der Waals surface area contributed by atoms with Gasteiger partial charge < -0.3 is 10.0 Å². The van der Waals surface area contributed by atoms with Gasteiger partial charge in [0, 0.05) is 14.8 Å². The Kier molecular flexibility index (Phi) is 4.25. The standard InChI is InChI=1S/C24H17BO2S/c26-25(27)22-14-6-13-21-20-12-5-11-19(23(20)28-24(21)22)18-10-4-9-17(15-18)16-7-2-1-3-8-16/h1-15,26-27H. The van der Waals surface area contributed by atoms with Gasteiger partial charge in [0.1, 0.15) is 0 Å². The highest BCUT2D eigenvalue weighted by Crippen LogP contribution is 2.40. The molecule has 1 heterocycles. The van der Waals surface area contributed by atoms with Crippen LogP contribution >= 0.6 is 11.3 Å². The number of fused-ring (bicyclic) bond motifs is 3. The fourth-order valence-corrected chi connectivity index (χ4v) is 5.14. The lowest BCUT2D eigenvalue weighted by Crippen LogP contribution is -2.29. The maximum Gasteiger partial charge on any atom is 0.489 e. The molecule has 0 spiro atoms. The fraction of sp³-hybridized carbons (Fsp3) is 0. The lowest BCUT2D eigenvalue weighted by Gasteiger charge is -2.07. The van der Waals surface area contributed by atoms with Crippen molar-refractivity contribution < 1.29 is 10.0 Å². The van der Waals surface area contributed by atoms with Crippen LogP contribution < -0.4 is 5.46 Å². The summed E-state index contributed by atoms with van der Waals surface area (Å²) in [6, 6.07) is 31.0. The maximum atomic E-state index is 9.76. The lowest BCUT2D eigenvalue weighted by molar-refractivity contribution is 0.426. The van der Waals surface area contributed by atoms with Gasteiger partial charge in [-0.1, -0.05) is 84.9 Å². The van der Waals surface area contributed by atoms with Gasteiger partial charge in [-0.2, -0.15) is 0 Å². The molecule has 0 aliphatic carbocycles. The quantitative estimate of drug-likeness (QED) is 0.429. The molecule has 2 N–H and O–H groups in total. The molecule has 28 heavy (non-hydrogen) atoms. The Bertz CT molecular complexity index is 1290. The van der Waals surface area contributed by atoms with Crippen LogP contribution in [-0.4, -0.2) is 17.2 Å². The highest BCUT2D eigenvalue weighted by atomic mass is 32.1. The Morgan fingerprint density at radius 1 is 0.571 bits per heavy atom. The van der Waals surface area contributed by atoms with Crippen LogP contribution in [0.5, 0.6) is 0 Å². The number of rotatable bonds is 3. The molecule has 5 aromatic rings. The highest BCUT2D eigenvalue weighted by Gasteiger charge is 2.18. The summed E-state index contributed by atoms with van der Waals surface area (Å²) in [5, 5.41) is 21.7. The van der Waals surface area contributed by atoms with Crippen LogP contribution in [-0.2, 0) is 0 Å². The number of hydrogen-bond acceptors (Lipinski definition) is 3. The highest BCUT2D eigenvalue weighted by molar-refractivity contribution is 7.27. The molecule has 0 saturated heterocycles. The smallest absolute Gasteiger partial charge is 0.423 e. The van der Waals surface area contributed by atoms with Gasteiger partial charge in [-0.25, -0.2) is 0 Å². The molecule has 0 unspecified atom stereocenters. The Labute approximate surface area is 167 Å². The first-order valence-corrected chi connectivity index (χ1v) is 10.00. The van der Waals surface area contributed by atoms with Gasteiger partial charge in [-0.05, 0) is 39.2 Å². The van der Waals surface area contributed by atoms with Crippen molar-refractivity contribution in [1.29, 1.82) is 0 Å². The third-order valence-electron chi connectivity index (χ3n) is 5.11. The molecule has 0 atom stereocenters. The van der Waals surface area contributed by atoms with E-state index in [2.05, 4.69) is 66.7 Å². The van der Waals surface area contributed by atoms with Crippen LogP contribution in [0.1, 0.15) is 0 Å². The zero-order valence-electron chi connectivity index (χ0n) is 15.0. The summed E-state index contributed by atoms with van der Waals surface area (Å²) in [7, 11) is -1.47. The number of thiophene rings is 1. The van der Waals surface area contributed by atoms with E-state index in [-0.39, 0.29) is 0 Å². The molecule has 4 heteroatoms. The molecular weight excluding hydrogens is 363 g/mol. The van der Waals surface area contributed by atoms with Gasteiger partial charge >= 0.3 is 7.12 Å². The van der Waals surface area contributed by atoms with Crippen molar-refractivity contribution in [2.75, 3.05) is 0 Å². The molecule has 4 aromatic carbocycles. The van der Waals surface area contributed by atoms with Crippen LogP contribution in [0.3, 0.4) is 0 Å². The van der Waals surface area contributed by atoms with E-state index in [1.165, 1.54) is 11.1 Å². The van der Waals surface area contributed by atoms with E-state index in [1.54, 1.807) is 17.4 Å². The van der Waals surface area contributed by atoms with Crippen LogP contribution in [0.4, 0.5) is 0 Å². The SMILES string of the molecule is OB(O)c1cccc2c1sc1c(-c3cccc(-c4ccccc4)c3)cccc12. The second-order valence-corrected chi connectivity index (χ2v) is 7.85. The minimum Gasteiger partial charge on any atom is -0.423 e. The summed E-state index contributed by atoms with van der Waals surface area (Å²) in [6.07, 6.45) is 0. The molecule has 5 rings (SSSR count). The van der Waals surface area contributed by atoms with E-state index in [4.69, 9.17) is 0 Å². The van der Waals surface area contributed by atoms with Gasteiger partial charge in [-0.3, -0.25) is 0 Å². The summed E-state index contributed by atoms with van der Waals surface area (Å²) < 4.78 is 2.09. The number of hydrogen-bond donors (Lipinski definition) is 2. The Balaban J connectivity index is 1.74. The zero-order chi connectivity index (χ0) is 19.1. The van der Waals surface area contributed by atoms with E-state index in [0.717, 1.165) is 31.3 Å². The van der Waals surface area contributed by atoms with Crippen LogP contribution in [0.15, 0.2) is 91.0 Å². The molecule has 134 valence electrons. The summed E-state index contributed by atoms with van der Waals surface area (Å²) in [6.45, 7) is 0. The molecule has 1 aromatic heterocycles. The van der Waals surface area contributed by atoms with Crippen LogP contribution in [0.25, 0.3) is 42.4 Å². The first-order chi connectivity index (χ1) is 13.7. The number of benzene rings is 4. The van der Waals surface area contributed by atoms with Crippen molar-refractivity contribution in [3.05, 3.63) is 91.0 Å². The van der Waals surface area contributed by atoms with Crippen molar-refractivity contribution in [3.63, 3.8) is 0 Å². The van der Waals surface area contributed by atoms with Crippen molar-refractivity contribution >= 4 is 44.1 Å². The molecule has 2 nitrogen and oxygen atoms in total. The first kappa shape index (κ1) is 17.2. The Morgan fingerprint density at radius 3 is 2.00 bits per heavy atom. The van der Waals surface area contributed by atoms with E-state index < -0.39 is 7.12 Å². The van der Waals surface area contributed by atoms with Crippen molar-refractivity contribution in [3.8, 4) is 22.3 Å². The maximum absolute atomic E-state index is 9.76. The third kappa shape index (κ3) is 2.83. The third-order valence-corrected chi connectivity index (χ3v) is 6.42. The summed E-state index contributed by atoms with van der Waals surface area (Å²) >= 11 is 1.62. The van der Waals surface area contributed by atoms with Gasteiger partial charge in [0.15, 0.2) is 0 Å². The molecule has 0 fully saturated rings. The minimum atomic E-state index is -1.47. The van der Waals surface area contributed by atoms with Gasteiger partial charge in [-0.15, -0.1) is 11.3 Å². The zero-order valence-corrected chi connectivity index (χ0v) is 15.9. The average molecular weight is 380 g/mol. The molecular formula is C24H17BO2S. The topological polar surface area (TPSA) is 40.5 Å². The summed E-state index contributed by atoms with van der Waals surface area (Å²) in [5.41, 5.74) is 5.25. The molecule has 0 saturated carbocycles. The fourth-order valence-electron chi connectivity index (χ4n) is 3.77. The Hall–Kier alpha value is -2.92. The lowest BCUT2D eigenvalue weighted by atomic mass is 9.80. The second-order valence-electron chi connectivity index (χ2n) is 6.83. The largest absolute Gasteiger partial charge is 0.489 e. The van der Waals surface area contributed by atoms with E-state index in [0.29, 0.717) is 5.46 Å². The summed E-state index contributed by atoms with van der Waals surface area (Å²) in [5.74, 6) is 0. The van der Waals surface area contributed by atoms with Crippen LogP contribution in [0.2, 0.25) is 0 Å². The van der Waals surface area contributed by atoms with E-state index in [9.17, 15) is 10.0 Å². The van der Waals surface area contributed by atoms with Crippen LogP contribution in [0, 0.1) is 0 Å². The Morgan fingerprint density at radius 2 is 1.21 bits per heavy atom. The van der Waals surface area contributed by atoms with Crippen molar-refractivity contribution in [2.45, 2.75) is 0 Å². The normalized spacial score (nSPS) is 11.2. The summed E-state index contributed by atoms with van der Waals surface area (Å²) in [4.78, 5) is 0.